The van der Waals surface area contributed by atoms with E-state index in [1.807, 2.05) is 24.3 Å². The molecule has 2 aromatic carbocycles. The molecule has 1 heterocycles. The Bertz CT molecular complexity index is 650. The maximum atomic E-state index is 12.3. The van der Waals surface area contributed by atoms with Crippen molar-refractivity contribution in [3.8, 4) is 0 Å². The van der Waals surface area contributed by atoms with Crippen LogP contribution in [0.25, 0.3) is 0 Å². The molecule has 19 heavy (non-hydrogen) atoms. The van der Waals surface area contributed by atoms with Gasteiger partial charge in [0.05, 0.1) is 0 Å². The van der Waals surface area contributed by atoms with Crippen molar-refractivity contribution < 1.29 is 9.59 Å². The van der Waals surface area contributed by atoms with Crippen LogP contribution in [0.4, 0.5) is 10.5 Å². The SMILES string of the molecule is O=C1NCc2cc(C(=O)c3ccccc3)ccc2N1. The van der Waals surface area contributed by atoms with Gasteiger partial charge in [0, 0.05) is 23.4 Å². The van der Waals surface area contributed by atoms with Crippen molar-refractivity contribution in [3.63, 3.8) is 0 Å². The first kappa shape index (κ1) is 11.5. The monoisotopic (exact) mass is 252 g/mol. The summed E-state index contributed by atoms with van der Waals surface area (Å²) in [5, 5.41) is 5.39. The Morgan fingerprint density at radius 3 is 2.58 bits per heavy atom. The van der Waals surface area contributed by atoms with E-state index >= 15 is 0 Å². The predicted molar refractivity (Wildman–Crippen MR) is 72.2 cm³/mol. The lowest BCUT2D eigenvalue weighted by atomic mass is 10.00. The second kappa shape index (κ2) is 4.57. The minimum atomic E-state index is -0.213. The van der Waals surface area contributed by atoms with Crippen molar-refractivity contribution in [2.24, 2.45) is 0 Å². The molecule has 2 amide bonds. The first-order chi connectivity index (χ1) is 9.24. The Balaban J connectivity index is 1.95. The number of anilines is 1. The van der Waals surface area contributed by atoms with Crippen LogP contribution in [0, 0.1) is 0 Å². The van der Waals surface area contributed by atoms with Gasteiger partial charge < -0.3 is 10.6 Å². The fourth-order valence-corrected chi connectivity index (χ4v) is 2.10. The molecule has 0 spiro atoms. The van der Waals surface area contributed by atoms with E-state index in [2.05, 4.69) is 10.6 Å². The minimum Gasteiger partial charge on any atom is -0.334 e. The van der Waals surface area contributed by atoms with E-state index in [1.165, 1.54) is 0 Å². The lowest BCUT2D eigenvalue weighted by molar-refractivity contribution is 0.103. The molecule has 94 valence electrons. The molecular weight excluding hydrogens is 240 g/mol. The van der Waals surface area contributed by atoms with Crippen molar-refractivity contribution >= 4 is 17.5 Å². The molecule has 0 bridgehead atoms. The Labute approximate surface area is 110 Å². The molecule has 0 atom stereocenters. The van der Waals surface area contributed by atoms with Crippen LogP contribution < -0.4 is 10.6 Å². The largest absolute Gasteiger partial charge is 0.334 e. The molecule has 4 heteroatoms. The summed E-state index contributed by atoms with van der Waals surface area (Å²) in [6.45, 7) is 0.442. The van der Waals surface area contributed by atoms with Crippen molar-refractivity contribution in [2.75, 3.05) is 5.32 Å². The molecule has 0 fully saturated rings. The number of urea groups is 1. The number of amides is 2. The zero-order chi connectivity index (χ0) is 13.2. The second-order valence-electron chi connectivity index (χ2n) is 4.37. The Kier molecular flexibility index (Phi) is 2.76. The molecule has 1 aliphatic heterocycles. The lowest BCUT2D eigenvalue weighted by Gasteiger charge is -2.18. The number of carbonyl (C=O) groups excluding carboxylic acids is 2. The molecule has 2 N–H and O–H groups in total. The molecule has 0 aromatic heterocycles. The standard InChI is InChI=1S/C15H12N2O2/c18-14(10-4-2-1-3-5-10)11-6-7-13-12(8-11)9-16-15(19)17-13/h1-8H,9H2,(H2,16,17,19). The van der Waals surface area contributed by atoms with Crippen LogP contribution in [0.5, 0.6) is 0 Å². The van der Waals surface area contributed by atoms with Crippen LogP contribution in [0.3, 0.4) is 0 Å². The third kappa shape index (κ3) is 2.20. The van der Waals surface area contributed by atoms with E-state index in [9.17, 15) is 9.59 Å². The highest BCUT2D eigenvalue weighted by Gasteiger charge is 2.16. The number of nitrogens with one attached hydrogen (secondary N) is 2. The van der Waals surface area contributed by atoms with Gasteiger partial charge in [-0.15, -0.1) is 0 Å². The van der Waals surface area contributed by atoms with Gasteiger partial charge in [0.2, 0.25) is 0 Å². The third-order valence-electron chi connectivity index (χ3n) is 3.09. The fraction of sp³-hybridized carbons (Fsp3) is 0.0667. The molecule has 2 aromatic rings. The summed E-state index contributed by atoms with van der Waals surface area (Å²) in [6, 6.07) is 14.3. The molecular formula is C15H12N2O2. The topological polar surface area (TPSA) is 58.2 Å². The van der Waals surface area contributed by atoms with Crippen LogP contribution in [0.1, 0.15) is 21.5 Å². The van der Waals surface area contributed by atoms with E-state index in [1.54, 1.807) is 24.3 Å². The van der Waals surface area contributed by atoms with Gasteiger partial charge in [-0.3, -0.25) is 4.79 Å². The highest BCUT2D eigenvalue weighted by molar-refractivity contribution is 6.09. The Hall–Kier alpha value is -2.62. The van der Waals surface area contributed by atoms with Gasteiger partial charge in [0.25, 0.3) is 0 Å². The summed E-state index contributed by atoms with van der Waals surface area (Å²) in [5.74, 6) is -0.0136. The molecule has 0 saturated heterocycles. The van der Waals surface area contributed by atoms with Crippen molar-refractivity contribution in [1.82, 2.24) is 5.32 Å². The van der Waals surface area contributed by atoms with Crippen LogP contribution in [0.2, 0.25) is 0 Å². The van der Waals surface area contributed by atoms with Gasteiger partial charge in [-0.05, 0) is 23.8 Å². The number of carbonyl (C=O) groups is 2. The molecule has 4 nitrogen and oxygen atoms in total. The number of rotatable bonds is 2. The van der Waals surface area contributed by atoms with Gasteiger partial charge in [0.15, 0.2) is 5.78 Å². The van der Waals surface area contributed by atoms with E-state index in [4.69, 9.17) is 0 Å². The van der Waals surface area contributed by atoms with Gasteiger partial charge in [0.1, 0.15) is 0 Å². The Morgan fingerprint density at radius 2 is 1.79 bits per heavy atom. The van der Waals surface area contributed by atoms with E-state index in [0.29, 0.717) is 17.7 Å². The van der Waals surface area contributed by atoms with Crippen LogP contribution in [-0.2, 0) is 6.54 Å². The predicted octanol–water partition coefficient (Wildman–Crippen LogP) is 2.55. The Morgan fingerprint density at radius 1 is 1.00 bits per heavy atom. The van der Waals surface area contributed by atoms with E-state index < -0.39 is 0 Å². The first-order valence-corrected chi connectivity index (χ1v) is 6.01. The second-order valence-corrected chi connectivity index (χ2v) is 4.37. The van der Waals surface area contributed by atoms with E-state index in [0.717, 1.165) is 11.3 Å². The highest BCUT2D eigenvalue weighted by Crippen LogP contribution is 2.21. The quantitative estimate of drug-likeness (QED) is 0.807. The lowest BCUT2D eigenvalue weighted by Crippen LogP contribution is -2.33. The van der Waals surface area contributed by atoms with Gasteiger partial charge in [-0.1, -0.05) is 30.3 Å². The number of hydrogen-bond donors (Lipinski definition) is 2. The number of ketones is 1. The first-order valence-electron chi connectivity index (χ1n) is 6.01. The van der Waals surface area contributed by atoms with Crippen molar-refractivity contribution in [3.05, 3.63) is 65.2 Å². The van der Waals surface area contributed by atoms with Crippen LogP contribution in [0.15, 0.2) is 48.5 Å². The van der Waals surface area contributed by atoms with Gasteiger partial charge in [-0.25, -0.2) is 4.79 Å². The average molecular weight is 252 g/mol. The average Bonchev–Trinajstić information content (AvgIpc) is 2.47. The summed E-state index contributed by atoms with van der Waals surface area (Å²) < 4.78 is 0. The zero-order valence-corrected chi connectivity index (χ0v) is 10.1. The molecule has 1 aliphatic rings. The minimum absolute atomic E-state index is 0.0136. The number of benzene rings is 2. The van der Waals surface area contributed by atoms with Crippen LogP contribution in [-0.4, -0.2) is 11.8 Å². The molecule has 0 radical (unpaired) electrons. The van der Waals surface area contributed by atoms with Crippen molar-refractivity contribution in [1.29, 1.82) is 0 Å². The molecule has 0 saturated carbocycles. The third-order valence-corrected chi connectivity index (χ3v) is 3.09. The van der Waals surface area contributed by atoms with Crippen molar-refractivity contribution in [2.45, 2.75) is 6.54 Å². The van der Waals surface area contributed by atoms with Crippen LogP contribution >= 0.6 is 0 Å². The number of hydrogen-bond acceptors (Lipinski definition) is 2. The summed E-state index contributed by atoms with van der Waals surface area (Å²) in [6.07, 6.45) is 0. The summed E-state index contributed by atoms with van der Waals surface area (Å²) >= 11 is 0. The maximum absolute atomic E-state index is 12.3. The van der Waals surface area contributed by atoms with E-state index in [-0.39, 0.29) is 11.8 Å². The zero-order valence-electron chi connectivity index (χ0n) is 10.1. The normalized spacial score (nSPS) is 13.2. The van der Waals surface area contributed by atoms with Gasteiger partial charge in [-0.2, -0.15) is 0 Å². The molecule has 3 rings (SSSR count). The summed E-state index contributed by atoms with van der Waals surface area (Å²) in [7, 11) is 0. The smallest absolute Gasteiger partial charge is 0.319 e. The fourth-order valence-electron chi connectivity index (χ4n) is 2.10. The number of fused-ring (bicyclic) bond motifs is 1. The summed E-state index contributed by atoms with van der Waals surface area (Å²) in [4.78, 5) is 23.5. The van der Waals surface area contributed by atoms with Gasteiger partial charge >= 0.3 is 6.03 Å². The summed E-state index contributed by atoms with van der Waals surface area (Å²) in [5.41, 5.74) is 2.97. The highest BCUT2D eigenvalue weighted by atomic mass is 16.2. The molecule has 0 unspecified atom stereocenters. The maximum Gasteiger partial charge on any atom is 0.319 e. The molecule has 0 aliphatic carbocycles.